The molecule has 2 unspecified atom stereocenters. The average Bonchev–Trinajstić information content (AvgIpc) is 2.81. The van der Waals surface area contributed by atoms with E-state index in [2.05, 4.69) is 46.2 Å². The topological polar surface area (TPSA) is 69.3 Å². The zero-order valence-corrected chi connectivity index (χ0v) is 18.9. The molecule has 1 heterocycles. The fourth-order valence-electron chi connectivity index (χ4n) is 3.59. The molecule has 5 nitrogen and oxygen atoms in total. The van der Waals surface area contributed by atoms with Crippen molar-refractivity contribution in [3.8, 4) is 23.6 Å². The van der Waals surface area contributed by atoms with Crippen molar-refractivity contribution in [1.82, 2.24) is 4.90 Å². The highest BCUT2D eigenvalue weighted by Gasteiger charge is 2.30. The van der Waals surface area contributed by atoms with Crippen molar-refractivity contribution in [2.24, 2.45) is 5.92 Å². The standard InChI is InChI=1S/C24H24IN3O2/c1-18(13-25)28-11-10-21(16-29-23-6-2-19(14-26)3-7-23)12-22(28)17-30-24-8-4-20(15-27)5-9-24/h2-9,21-22H,1,10-13,16-17H2. The van der Waals surface area contributed by atoms with Crippen LogP contribution in [0, 0.1) is 28.6 Å². The van der Waals surface area contributed by atoms with Crippen LogP contribution in [-0.2, 0) is 0 Å². The zero-order valence-electron chi connectivity index (χ0n) is 16.8. The van der Waals surface area contributed by atoms with E-state index >= 15 is 0 Å². The first-order valence-corrected chi connectivity index (χ1v) is 11.4. The van der Waals surface area contributed by atoms with E-state index in [0.29, 0.717) is 30.3 Å². The summed E-state index contributed by atoms with van der Waals surface area (Å²) in [7, 11) is 0. The van der Waals surface area contributed by atoms with Crippen molar-refractivity contribution < 1.29 is 9.47 Å². The smallest absolute Gasteiger partial charge is 0.119 e. The van der Waals surface area contributed by atoms with Gasteiger partial charge in [-0.15, -0.1) is 0 Å². The number of allylic oxidation sites excluding steroid dienone is 1. The SMILES string of the molecule is C=C(CI)N1CCC(COc2ccc(C#N)cc2)CC1COc1ccc(C#N)cc1. The van der Waals surface area contributed by atoms with Gasteiger partial charge in [0.2, 0.25) is 0 Å². The molecular weight excluding hydrogens is 489 g/mol. The molecule has 3 rings (SSSR count). The molecule has 1 aliphatic heterocycles. The maximum atomic E-state index is 8.94. The van der Waals surface area contributed by atoms with Gasteiger partial charge in [-0.05, 0) is 67.3 Å². The minimum Gasteiger partial charge on any atom is -0.493 e. The monoisotopic (exact) mass is 513 g/mol. The first-order chi connectivity index (χ1) is 14.6. The number of nitrogens with zero attached hydrogens (tertiary/aromatic N) is 3. The molecule has 2 aromatic rings. The number of halogens is 1. The number of hydrogen-bond acceptors (Lipinski definition) is 5. The Balaban J connectivity index is 1.59. The van der Waals surface area contributed by atoms with Crippen molar-refractivity contribution in [3.05, 3.63) is 71.9 Å². The number of piperidine rings is 1. The second kappa shape index (κ2) is 10.9. The summed E-state index contributed by atoms with van der Waals surface area (Å²) in [5.41, 5.74) is 2.38. The summed E-state index contributed by atoms with van der Waals surface area (Å²) in [5.74, 6) is 1.98. The van der Waals surface area contributed by atoms with E-state index in [1.807, 2.05) is 24.3 Å². The molecule has 0 aromatic heterocycles. The van der Waals surface area contributed by atoms with E-state index in [-0.39, 0.29) is 6.04 Å². The Morgan fingerprint density at radius 2 is 1.50 bits per heavy atom. The third kappa shape index (κ3) is 5.90. The highest BCUT2D eigenvalue weighted by atomic mass is 127. The van der Waals surface area contributed by atoms with Crippen molar-refractivity contribution in [3.63, 3.8) is 0 Å². The van der Waals surface area contributed by atoms with Crippen LogP contribution < -0.4 is 9.47 Å². The normalized spacial score (nSPS) is 18.2. The van der Waals surface area contributed by atoms with Gasteiger partial charge in [-0.2, -0.15) is 10.5 Å². The Hall–Kier alpha value is -2.71. The molecule has 154 valence electrons. The lowest BCUT2D eigenvalue weighted by Crippen LogP contribution is -2.46. The fourth-order valence-corrected chi connectivity index (χ4v) is 4.03. The summed E-state index contributed by atoms with van der Waals surface area (Å²) in [6.45, 7) is 6.37. The molecule has 1 fully saturated rings. The van der Waals surface area contributed by atoms with Gasteiger partial charge < -0.3 is 14.4 Å². The predicted molar refractivity (Wildman–Crippen MR) is 125 cm³/mol. The Morgan fingerprint density at radius 1 is 0.967 bits per heavy atom. The van der Waals surface area contributed by atoms with E-state index < -0.39 is 0 Å². The van der Waals surface area contributed by atoms with Gasteiger partial charge in [0.1, 0.15) is 18.1 Å². The zero-order chi connectivity index (χ0) is 21.3. The molecule has 0 saturated carbocycles. The van der Waals surface area contributed by atoms with Crippen molar-refractivity contribution >= 4 is 22.6 Å². The Bertz CT molecular complexity index is 929. The van der Waals surface area contributed by atoms with Crippen LogP contribution >= 0.6 is 22.6 Å². The number of hydrogen-bond donors (Lipinski definition) is 0. The van der Waals surface area contributed by atoms with Gasteiger partial charge >= 0.3 is 0 Å². The molecule has 2 atom stereocenters. The quantitative estimate of drug-likeness (QED) is 0.371. The van der Waals surface area contributed by atoms with Crippen LogP contribution in [0.25, 0.3) is 0 Å². The van der Waals surface area contributed by atoms with Gasteiger partial charge in [-0.1, -0.05) is 29.2 Å². The van der Waals surface area contributed by atoms with Crippen LogP contribution in [-0.4, -0.2) is 35.1 Å². The first-order valence-electron chi connectivity index (χ1n) is 9.89. The molecule has 1 saturated heterocycles. The van der Waals surface area contributed by atoms with Gasteiger partial charge in [-0.25, -0.2) is 0 Å². The third-order valence-electron chi connectivity index (χ3n) is 5.28. The van der Waals surface area contributed by atoms with Crippen molar-refractivity contribution in [2.45, 2.75) is 18.9 Å². The number of benzene rings is 2. The van der Waals surface area contributed by atoms with E-state index in [4.69, 9.17) is 20.0 Å². The molecule has 30 heavy (non-hydrogen) atoms. The van der Waals surface area contributed by atoms with Crippen LogP contribution in [0.4, 0.5) is 0 Å². The molecule has 2 aromatic carbocycles. The van der Waals surface area contributed by atoms with Crippen LogP contribution in [0.15, 0.2) is 60.8 Å². The number of rotatable bonds is 8. The van der Waals surface area contributed by atoms with Gasteiger partial charge in [0.25, 0.3) is 0 Å². The maximum Gasteiger partial charge on any atom is 0.119 e. The van der Waals surface area contributed by atoms with Gasteiger partial charge in [0.05, 0.1) is 35.9 Å². The molecule has 0 spiro atoms. The lowest BCUT2D eigenvalue weighted by molar-refractivity contribution is 0.0819. The number of alkyl halides is 1. The molecule has 6 heteroatoms. The van der Waals surface area contributed by atoms with E-state index in [1.54, 1.807) is 24.3 Å². The van der Waals surface area contributed by atoms with E-state index in [0.717, 1.165) is 41.0 Å². The Labute approximate surface area is 191 Å². The van der Waals surface area contributed by atoms with E-state index in [1.165, 1.54) is 0 Å². The molecule has 0 N–H and O–H groups in total. The number of likely N-dealkylation sites (tertiary alicyclic amines) is 1. The van der Waals surface area contributed by atoms with Gasteiger partial charge in [-0.3, -0.25) is 0 Å². The van der Waals surface area contributed by atoms with Crippen LogP contribution in [0.1, 0.15) is 24.0 Å². The summed E-state index contributed by atoms with van der Waals surface area (Å²) in [4.78, 5) is 2.36. The predicted octanol–water partition coefficient (Wildman–Crippen LogP) is 4.92. The van der Waals surface area contributed by atoms with Crippen molar-refractivity contribution in [1.29, 1.82) is 10.5 Å². The fraction of sp³-hybridized carbons (Fsp3) is 0.333. The molecule has 0 radical (unpaired) electrons. The summed E-state index contributed by atoms with van der Waals surface area (Å²) < 4.78 is 12.9. The highest BCUT2D eigenvalue weighted by molar-refractivity contribution is 14.1. The summed E-state index contributed by atoms with van der Waals surface area (Å²) >= 11 is 2.35. The molecule has 1 aliphatic rings. The highest BCUT2D eigenvalue weighted by Crippen LogP contribution is 2.28. The maximum absolute atomic E-state index is 8.94. The van der Waals surface area contributed by atoms with E-state index in [9.17, 15) is 0 Å². The van der Waals surface area contributed by atoms with Crippen molar-refractivity contribution in [2.75, 3.05) is 24.2 Å². The lowest BCUT2D eigenvalue weighted by Gasteiger charge is -2.41. The number of ether oxygens (including phenoxy) is 2. The first kappa shape index (κ1) is 22.0. The summed E-state index contributed by atoms with van der Waals surface area (Å²) in [5, 5.41) is 17.9. The minimum absolute atomic E-state index is 0.228. The minimum atomic E-state index is 0.228. The largest absolute Gasteiger partial charge is 0.493 e. The second-order valence-electron chi connectivity index (χ2n) is 7.33. The van der Waals surface area contributed by atoms with Crippen LogP contribution in [0.5, 0.6) is 11.5 Å². The third-order valence-corrected chi connectivity index (χ3v) is 6.16. The van der Waals surface area contributed by atoms with Crippen LogP contribution in [0.3, 0.4) is 0 Å². The van der Waals surface area contributed by atoms with Crippen LogP contribution in [0.2, 0.25) is 0 Å². The Kier molecular flexibility index (Phi) is 7.98. The molecule has 0 amide bonds. The number of nitriles is 2. The van der Waals surface area contributed by atoms with Gasteiger partial charge in [0, 0.05) is 16.7 Å². The molecule has 0 bridgehead atoms. The molecular formula is C24H24IN3O2. The molecule has 0 aliphatic carbocycles. The van der Waals surface area contributed by atoms with Gasteiger partial charge in [0.15, 0.2) is 0 Å². The Morgan fingerprint density at radius 3 is 2.00 bits per heavy atom. The second-order valence-corrected chi connectivity index (χ2v) is 8.09. The lowest BCUT2D eigenvalue weighted by atomic mass is 9.91. The summed E-state index contributed by atoms with van der Waals surface area (Å²) in [6.07, 6.45) is 2.00. The summed E-state index contributed by atoms with van der Waals surface area (Å²) in [6, 6.07) is 18.9. The average molecular weight is 513 g/mol.